The van der Waals surface area contributed by atoms with Gasteiger partial charge in [-0.15, -0.1) is 0 Å². The number of carbonyl (C=O) groups excluding carboxylic acids is 1. The van der Waals surface area contributed by atoms with Gasteiger partial charge in [0.05, 0.1) is 33.4 Å². The predicted octanol–water partition coefficient (Wildman–Crippen LogP) is 1.72. The summed E-state index contributed by atoms with van der Waals surface area (Å²) >= 11 is 0. The highest BCUT2D eigenvalue weighted by molar-refractivity contribution is 5.91. The Bertz CT molecular complexity index is 1600. The van der Waals surface area contributed by atoms with Crippen LogP contribution in [0.4, 0.5) is 11.8 Å². The summed E-state index contributed by atoms with van der Waals surface area (Å²) in [4.78, 5) is 21.6. The molecule has 33 heavy (non-hydrogen) atoms. The van der Waals surface area contributed by atoms with Crippen molar-refractivity contribution in [1.82, 2.24) is 14.9 Å². The number of rotatable bonds is 4. The molecular formula is C23H25N5O5. The molecule has 1 unspecified atom stereocenters. The zero-order valence-electron chi connectivity index (χ0n) is 27.4. The summed E-state index contributed by atoms with van der Waals surface area (Å²) in [6.07, 6.45) is -2.35. The normalized spacial score (nSPS) is 29.8. The van der Waals surface area contributed by atoms with Crippen molar-refractivity contribution in [3.63, 3.8) is 0 Å². The number of benzene rings is 2. The number of hydrogen-bond donors (Lipinski definition) is 1. The van der Waals surface area contributed by atoms with Crippen LogP contribution >= 0.6 is 0 Å². The lowest BCUT2D eigenvalue weighted by Crippen LogP contribution is -2.54. The number of aromatic nitrogens is 2. The van der Waals surface area contributed by atoms with Gasteiger partial charge >= 0.3 is 0 Å². The molecule has 2 N–H and O–H groups in total. The molecule has 0 radical (unpaired) electrons. The van der Waals surface area contributed by atoms with E-state index in [1.165, 1.54) is 50.6 Å². The molecule has 2 aliphatic rings. The van der Waals surface area contributed by atoms with E-state index in [1.54, 1.807) is 0 Å². The van der Waals surface area contributed by atoms with E-state index in [-0.39, 0.29) is 49.5 Å². The van der Waals surface area contributed by atoms with Gasteiger partial charge in [-0.3, -0.25) is 4.79 Å². The number of hydrogen-bond acceptors (Lipinski definition) is 9. The first-order chi connectivity index (χ1) is 19.8. The highest BCUT2D eigenvalue weighted by Crippen LogP contribution is 2.34. The van der Waals surface area contributed by atoms with Gasteiger partial charge in [-0.05, 0) is 18.2 Å². The first kappa shape index (κ1) is 12.3. The predicted molar refractivity (Wildman–Crippen MR) is 122 cm³/mol. The highest BCUT2D eigenvalue weighted by Gasteiger charge is 2.33. The molecule has 1 atom stereocenters. The molecule has 1 saturated heterocycles. The maximum absolute atomic E-state index is 13.8. The van der Waals surface area contributed by atoms with Gasteiger partial charge in [-0.1, -0.05) is 12.1 Å². The molecular weight excluding hydrogens is 426 g/mol. The number of amides is 1. The van der Waals surface area contributed by atoms with Crippen LogP contribution in [0.3, 0.4) is 0 Å². The van der Waals surface area contributed by atoms with E-state index in [4.69, 9.17) is 38.4 Å². The molecule has 2 aromatic carbocycles. The highest BCUT2D eigenvalue weighted by atomic mass is 16.6. The lowest BCUT2D eigenvalue weighted by molar-refractivity contribution is -0.141. The van der Waals surface area contributed by atoms with Gasteiger partial charge in [0.25, 0.3) is 5.91 Å². The Hall–Kier alpha value is -3.95. The largest absolute Gasteiger partial charge is 0.493 e. The van der Waals surface area contributed by atoms with Crippen LogP contribution in [0.15, 0.2) is 36.4 Å². The van der Waals surface area contributed by atoms with Gasteiger partial charge in [0.2, 0.25) is 12.1 Å². The van der Waals surface area contributed by atoms with Gasteiger partial charge in [-0.25, -0.2) is 4.98 Å². The zero-order chi connectivity index (χ0) is 31.9. The Labute approximate surface area is 204 Å². The summed E-state index contributed by atoms with van der Waals surface area (Å²) in [5.41, 5.74) is 6.10. The van der Waals surface area contributed by atoms with E-state index in [9.17, 15) is 4.79 Å². The third kappa shape index (κ3) is 3.88. The number of nitrogens with zero attached hydrogens (tertiary/aromatic N) is 4. The van der Waals surface area contributed by atoms with Gasteiger partial charge in [0.15, 0.2) is 23.0 Å². The van der Waals surface area contributed by atoms with Crippen LogP contribution in [0.25, 0.3) is 10.9 Å². The first-order valence-corrected chi connectivity index (χ1v) is 9.61. The van der Waals surface area contributed by atoms with Crippen molar-refractivity contribution in [2.24, 2.45) is 0 Å². The van der Waals surface area contributed by atoms with Gasteiger partial charge in [0, 0.05) is 37.4 Å². The number of anilines is 2. The minimum absolute atomic E-state index is 0.00555. The van der Waals surface area contributed by atoms with Crippen molar-refractivity contribution in [1.29, 1.82) is 0 Å². The van der Waals surface area contributed by atoms with E-state index in [2.05, 4.69) is 9.97 Å². The molecule has 1 amide bonds. The minimum Gasteiger partial charge on any atom is -0.493 e. The van der Waals surface area contributed by atoms with E-state index >= 15 is 0 Å². The Morgan fingerprint density at radius 3 is 2.52 bits per heavy atom. The number of carbonyl (C=O) groups is 1. The van der Waals surface area contributed by atoms with Crippen molar-refractivity contribution in [3.05, 3.63) is 36.4 Å². The molecule has 10 nitrogen and oxygen atoms in total. The van der Waals surface area contributed by atoms with Gasteiger partial charge in [-0.2, -0.15) is 4.98 Å². The molecule has 1 fully saturated rings. The van der Waals surface area contributed by atoms with Crippen molar-refractivity contribution in [3.8, 4) is 23.0 Å². The summed E-state index contributed by atoms with van der Waals surface area (Å²) in [6, 6.07) is 8.43. The maximum Gasteiger partial charge on any atom is 0.267 e. The van der Waals surface area contributed by atoms with E-state index in [0.717, 1.165) is 0 Å². The van der Waals surface area contributed by atoms with E-state index in [1.807, 2.05) is 0 Å². The first-order valence-electron chi connectivity index (χ1n) is 14.6. The summed E-state index contributed by atoms with van der Waals surface area (Å²) in [5, 5.41) is 0.194. The summed E-state index contributed by atoms with van der Waals surface area (Å²) in [5.74, 6) is -2.66. The number of fused-ring (bicyclic) bond motifs is 2. The fourth-order valence-corrected chi connectivity index (χ4v) is 3.15. The molecule has 0 bridgehead atoms. The SMILES string of the molecule is [2H]C1([2H])Oc2ccccc2OC1C(=O)N1C([2H])([2H])C([2H])([2H])N(c2nc(N)c3cc(OC)c(OC)cc3n2)C([2H])([2H])C1([2H])[2H]. The fourth-order valence-electron chi connectivity index (χ4n) is 3.15. The third-order valence-electron chi connectivity index (χ3n) is 4.78. The second-order valence-corrected chi connectivity index (χ2v) is 6.75. The second kappa shape index (κ2) is 8.53. The Balaban J connectivity index is 1.64. The smallest absolute Gasteiger partial charge is 0.267 e. The molecule has 0 spiro atoms. The van der Waals surface area contributed by atoms with Crippen molar-refractivity contribution in [2.75, 3.05) is 57.4 Å². The molecule has 1 aromatic heterocycles. The molecule has 3 heterocycles. The quantitative estimate of drug-likeness (QED) is 0.620. The van der Waals surface area contributed by atoms with Gasteiger partial charge < -0.3 is 34.5 Å². The standard InChI is InChI=1S/C23H25N5O5/c1-30-18-11-14-15(12-19(18)31-2)25-23(26-21(14)24)28-9-7-27(8-10-28)22(29)20-13-32-16-5-3-4-6-17(16)33-20/h3-6,11-12,20H,7-10,13H2,1-2H3,(H2,24,25,26)/i7D2,8D2,9D2,10D2,13D2. The summed E-state index contributed by atoms with van der Waals surface area (Å²) in [6.45, 7) is -17.5. The Morgan fingerprint density at radius 1 is 1.09 bits per heavy atom. The fraction of sp³-hybridized carbons (Fsp3) is 0.348. The van der Waals surface area contributed by atoms with Crippen LogP contribution in [0.2, 0.25) is 0 Å². The molecule has 5 rings (SSSR count). The maximum atomic E-state index is 13.8. The lowest BCUT2D eigenvalue weighted by atomic mass is 10.2. The van der Waals surface area contributed by atoms with Crippen LogP contribution in [0.1, 0.15) is 13.7 Å². The van der Waals surface area contributed by atoms with Crippen molar-refractivity contribution >= 4 is 28.6 Å². The average molecular weight is 462 g/mol. The monoisotopic (exact) mass is 461 g/mol. The number of ether oxygens (including phenoxy) is 4. The van der Waals surface area contributed by atoms with Crippen LogP contribution in [0, 0.1) is 0 Å². The van der Waals surface area contributed by atoms with Crippen LogP contribution < -0.4 is 29.6 Å². The molecule has 3 aromatic rings. The van der Waals surface area contributed by atoms with Crippen molar-refractivity contribution < 1.29 is 37.4 Å². The number of piperazine rings is 1. The Kier molecular flexibility index (Phi) is 3.19. The van der Waals surface area contributed by atoms with Crippen LogP contribution in [0.5, 0.6) is 23.0 Å². The molecule has 0 saturated carbocycles. The van der Waals surface area contributed by atoms with Crippen LogP contribution in [-0.4, -0.2) is 73.6 Å². The van der Waals surface area contributed by atoms with Crippen LogP contribution in [-0.2, 0) is 4.79 Å². The number of nitrogens with two attached hydrogens (primary N) is 1. The number of methoxy groups -OCH3 is 2. The summed E-state index contributed by atoms with van der Waals surface area (Å²) < 4.78 is 107. The molecule has 2 aliphatic heterocycles. The number of nitrogen functional groups attached to an aromatic ring is 1. The number of para-hydroxylation sites is 2. The topological polar surface area (TPSA) is 112 Å². The van der Waals surface area contributed by atoms with Gasteiger partial charge in [0.1, 0.15) is 12.4 Å². The molecule has 0 aliphatic carbocycles. The van der Waals surface area contributed by atoms with E-state index < -0.39 is 50.5 Å². The third-order valence-corrected chi connectivity index (χ3v) is 4.78. The zero-order valence-corrected chi connectivity index (χ0v) is 17.4. The molecule has 172 valence electrons. The van der Waals surface area contributed by atoms with Crippen molar-refractivity contribution in [2.45, 2.75) is 6.10 Å². The lowest BCUT2D eigenvalue weighted by Gasteiger charge is -2.37. The summed E-state index contributed by atoms with van der Waals surface area (Å²) in [7, 11) is 2.71. The minimum atomic E-state index is -3.69. The molecule has 10 heteroatoms. The van der Waals surface area contributed by atoms with E-state index in [0.29, 0.717) is 0 Å². The average Bonchev–Trinajstić information content (AvgIpc) is 2.90. The second-order valence-electron chi connectivity index (χ2n) is 6.75. The Morgan fingerprint density at radius 2 is 1.79 bits per heavy atom.